The number of nitrogens with one attached hydrogen (secondary N) is 1. The van der Waals surface area contributed by atoms with Gasteiger partial charge in [-0.25, -0.2) is 4.98 Å². The minimum atomic E-state index is -0.427. The summed E-state index contributed by atoms with van der Waals surface area (Å²) in [6.07, 6.45) is 1.84. The molecule has 1 aromatic heterocycles. The lowest BCUT2D eigenvalue weighted by molar-refractivity contribution is -0.123. The molecule has 6 heteroatoms. The Morgan fingerprint density at radius 2 is 2.22 bits per heavy atom. The van der Waals surface area contributed by atoms with E-state index < -0.39 is 6.04 Å². The molecule has 4 nitrogen and oxygen atoms in total. The quantitative estimate of drug-likeness (QED) is 0.843. The van der Waals surface area contributed by atoms with Crippen LogP contribution >= 0.6 is 23.7 Å². The summed E-state index contributed by atoms with van der Waals surface area (Å²) in [5.74, 6) is 0.113. The second-order valence-electron chi connectivity index (χ2n) is 4.22. The number of rotatable bonds is 6. The maximum Gasteiger partial charge on any atom is 0.237 e. The number of amides is 1. The van der Waals surface area contributed by atoms with Gasteiger partial charge in [0.25, 0.3) is 0 Å². The number of hydrogen-bond donors (Lipinski definition) is 2. The van der Waals surface area contributed by atoms with Crippen molar-refractivity contribution in [3.05, 3.63) is 16.1 Å². The van der Waals surface area contributed by atoms with Crippen molar-refractivity contribution < 1.29 is 4.79 Å². The first-order valence-corrected chi connectivity index (χ1v) is 6.93. The Labute approximate surface area is 119 Å². The summed E-state index contributed by atoms with van der Waals surface area (Å²) < 4.78 is 0. The number of carbonyl (C=O) groups is 1. The molecule has 0 aliphatic rings. The second-order valence-corrected chi connectivity index (χ2v) is 5.16. The lowest BCUT2D eigenvalue weighted by Gasteiger charge is -2.17. The van der Waals surface area contributed by atoms with E-state index in [1.807, 2.05) is 19.2 Å². The van der Waals surface area contributed by atoms with Crippen molar-refractivity contribution in [3.8, 4) is 0 Å². The molecule has 0 aliphatic carbocycles. The molecular formula is C12H22ClN3OS. The largest absolute Gasteiger partial charge is 0.349 e. The maximum atomic E-state index is 11.7. The van der Waals surface area contributed by atoms with Crippen LogP contribution in [0.1, 0.15) is 37.9 Å². The fourth-order valence-electron chi connectivity index (χ4n) is 1.40. The molecule has 0 fully saturated rings. The van der Waals surface area contributed by atoms with Crippen LogP contribution in [0.4, 0.5) is 0 Å². The molecule has 104 valence electrons. The summed E-state index contributed by atoms with van der Waals surface area (Å²) >= 11 is 1.63. The smallest absolute Gasteiger partial charge is 0.237 e. The number of thiazole rings is 1. The first kappa shape index (κ1) is 17.4. The molecule has 0 aromatic carbocycles. The monoisotopic (exact) mass is 291 g/mol. The zero-order chi connectivity index (χ0) is 12.8. The highest BCUT2D eigenvalue weighted by Gasteiger charge is 2.19. The third-order valence-corrected chi connectivity index (χ3v) is 3.95. The van der Waals surface area contributed by atoms with Gasteiger partial charge < -0.3 is 11.1 Å². The van der Waals surface area contributed by atoms with Crippen molar-refractivity contribution in [1.82, 2.24) is 10.3 Å². The third kappa shape index (κ3) is 4.92. The molecule has 1 amide bonds. The van der Waals surface area contributed by atoms with Gasteiger partial charge >= 0.3 is 0 Å². The first-order chi connectivity index (χ1) is 8.08. The molecule has 1 heterocycles. The SMILES string of the molecule is CCc1nc(CNC(=O)C(N)C(C)CC)cs1.Cl. The summed E-state index contributed by atoms with van der Waals surface area (Å²) in [7, 11) is 0. The Bertz CT molecular complexity index is 370. The van der Waals surface area contributed by atoms with Gasteiger partial charge in [-0.2, -0.15) is 0 Å². The molecule has 0 saturated carbocycles. The Balaban J connectivity index is 0.00000289. The van der Waals surface area contributed by atoms with Gasteiger partial charge in [0, 0.05) is 5.38 Å². The van der Waals surface area contributed by atoms with Gasteiger partial charge in [-0.3, -0.25) is 4.79 Å². The summed E-state index contributed by atoms with van der Waals surface area (Å²) in [6.45, 7) is 6.56. The molecule has 0 bridgehead atoms. The Hall–Kier alpha value is -0.650. The van der Waals surface area contributed by atoms with Crippen LogP contribution in [0.25, 0.3) is 0 Å². The number of nitrogens with zero attached hydrogens (tertiary/aromatic N) is 1. The molecule has 2 atom stereocenters. The summed E-state index contributed by atoms with van der Waals surface area (Å²) in [5, 5.41) is 5.91. The standard InChI is InChI=1S/C12H21N3OS.ClH/c1-4-8(3)11(13)12(16)14-6-9-7-17-10(5-2)15-9;/h7-8,11H,4-6,13H2,1-3H3,(H,14,16);1H. The van der Waals surface area contributed by atoms with E-state index in [4.69, 9.17) is 5.73 Å². The fraction of sp³-hybridized carbons (Fsp3) is 0.667. The highest BCUT2D eigenvalue weighted by atomic mass is 35.5. The molecule has 3 N–H and O–H groups in total. The van der Waals surface area contributed by atoms with Crippen LogP contribution < -0.4 is 11.1 Å². The Morgan fingerprint density at radius 3 is 2.72 bits per heavy atom. The maximum absolute atomic E-state index is 11.7. The van der Waals surface area contributed by atoms with Crippen LogP contribution in [-0.4, -0.2) is 16.9 Å². The summed E-state index contributed by atoms with van der Waals surface area (Å²) in [5.41, 5.74) is 6.75. The van der Waals surface area contributed by atoms with Crippen LogP contribution in [0.5, 0.6) is 0 Å². The number of halogens is 1. The van der Waals surface area contributed by atoms with E-state index in [9.17, 15) is 4.79 Å². The third-order valence-electron chi connectivity index (χ3n) is 2.91. The van der Waals surface area contributed by atoms with Gasteiger partial charge in [0.2, 0.25) is 5.91 Å². The van der Waals surface area contributed by atoms with Crippen molar-refractivity contribution in [3.63, 3.8) is 0 Å². The van der Waals surface area contributed by atoms with Gasteiger partial charge in [0.1, 0.15) is 0 Å². The molecule has 1 aromatic rings. The van der Waals surface area contributed by atoms with Gasteiger partial charge in [-0.15, -0.1) is 23.7 Å². The zero-order valence-corrected chi connectivity index (χ0v) is 12.7. The number of aromatic nitrogens is 1. The molecule has 2 unspecified atom stereocenters. The zero-order valence-electron chi connectivity index (χ0n) is 11.1. The predicted molar refractivity (Wildman–Crippen MR) is 78.0 cm³/mol. The fourth-order valence-corrected chi connectivity index (χ4v) is 2.15. The topological polar surface area (TPSA) is 68.0 Å². The number of hydrogen-bond acceptors (Lipinski definition) is 4. The molecule has 0 spiro atoms. The highest BCUT2D eigenvalue weighted by Crippen LogP contribution is 2.10. The van der Waals surface area contributed by atoms with Gasteiger partial charge in [0.15, 0.2) is 0 Å². The van der Waals surface area contributed by atoms with Crippen molar-refractivity contribution in [1.29, 1.82) is 0 Å². The lowest BCUT2D eigenvalue weighted by Crippen LogP contribution is -2.44. The van der Waals surface area contributed by atoms with Crippen molar-refractivity contribution >= 4 is 29.7 Å². The van der Waals surface area contributed by atoms with Crippen LogP contribution in [0.3, 0.4) is 0 Å². The molecule has 0 saturated heterocycles. The van der Waals surface area contributed by atoms with E-state index in [1.54, 1.807) is 11.3 Å². The van der Waals surface area contributed by atoms with Gasteiger partial charge in [-0.05, 0) is 12.3 Å². The van der Waals surface area contributed by atoms with Crippen LogP contribution in [0, 0.1) is 5.92 Å². The van der Waals surface area contributed by atoms with E-state index in [0.29, 0.717) is 6.54 Å². The van der Waals surface area contributed by atoms with Crippen molar-refractivity contribution in [2.45, 2.75) is 46.2 Å². The minimum Gasteiger partial charge on any atom is -0.349 e. The Kier molecular flexibility index (Phi) is 8.15. The number of aryl methyl sites for hydroxylation is 1. The van der Waals surface area contributed by atoms with E-state index in [0.717, 1.165) is 23.5 Å². The molecule has 18 heavy (non-hydrogen) atoms. The molecule has 0 aliphatic heterocycles. The van der Waals surface area contributed by atoms with Crippen LogP contribution in [-0.2, 0) is 17.8 Å². The average molecular weight is 292 g/mol. The van der Waals surface area contributed by atoms with Crippen molar-refractivity contribution in [2.75, 3.05) is 0 Å². The number of carbonyl (C=O) groups excluding carboxylic acids is 1. The van der Waals surface area contributed by atoms with Gasteiger partial charge in [-0.1, -0.05) is 27.2 Å². The van der Waals surface area contributed by atoms with Crippen molar-refractivity contribution in [2.24, 2.45) is 11.7 Å². The van der Waals surface area contributed by atoms with Gasteiger partial charge in [0.05, 0.1) is 23.3 Å². The molecule has 1 rings (SSSR count). The van der Waals surface area contributed by atoms with Crippen LogP contribution in [0.2, 0.25) is 0 Å². The normalized spacial score (nSPS) is 13.6. The number of nitrogens with two attached hydrogens (primary N) is 1. The Morgan fingerprint density at radius 1 is 1.56 bits per heavy atom. The predicted octanol–water partition coefficient (Wildman–Crippen LogP) is 2.12. The molecule has 0 radical (unpaired) electrons. The van der Waals surface area contributed by atoms with Crippen LogP contribution in [0.15, 0.2) is 5.38 Å². The second kappa shape index (κ2) is 8.45. The first-order valence-electron chi connectivity index (χ1n) is 6.05. The lowest BCUT2D eigenvalue weighted by atomic mass is 9.99. The van der Waals surface area contributed by atoms with E-state index >= 15 is 0 Å². The summed E-state index contributed by atoms with van der Waals surface area (Å²) in [4.78, 5) is 16.1. The average Bonchev–Trinajstić information content (AvgIpc) is 2.81. The van der Waals surface area contributed by atoms with E-state index in [1.165, 1.54) is 0 Å². The summed E-state index contributed by atoms with van der Waals surface area (Å²) in [6, 6.07) is -0.427. The minimum absolute atomic E-state index is 0. The highest BCUT2D eigenvalue weighted by molar-refractivity contribution is 7.09. The van der Waals surface area contributed by atoms with E-state index in [2.05, 4.69) is 17.2 Å². The molecular weight excluding hydrogens is 270 g/mol. The van der Waals surface area contributed by atoms with E-state index in [-0.39, 0.29) is 24.2 Å².